The van der Waals surface area contributed by atoms with E-state index in [0.717, 1.165) is 51.4 Å². The van der Waals surface area contributed by atoms with Gasteiger partial charge in [-0.25, -0.2) is 0 Å². The summed E-state index contributed by atoms with van der Waals surface area (Å²) in [5.41, 5.74) is 10.9. The van der Waals surface area contributed by atoms with Gasteiger partial charge in [0.05, 0.1) is 12.3 Å². The Hall–Kier alpha value is -3.46. The summed E-state index contributed by atoms with van der Waals surface area (Å²) in [6.45, 7) is 2.01. The first-order chi connectivity index (χ1) is 13.7. The van der Waals surface area contributed by atoms with Crippen molar-refractivity contribution < 1.29 is 5.11 Å². The van der Waals surface area contributed by atoms with E-state index in [1.165, 1.54) is 0 Å². The number of allylic oxidation sites excluding steroid dienone is 9. The minimum Gasteiger partial charge on any atom is -0.392 e. The lowest BCUT2D eigenvalue weighted by Gasteiger charge is -2.09. The number of aliphatic hydroxyl groups is 1. The van der Waals surface area contributed by atoms with Gasteiger partial charge in [-0.05, 0) is 60.4 Å². The molecular weight excluding hydrogens is 346 g/mol. The van der Waals surface area contributed by atoms with Crippen molar-refractivity contribution in [1.29, 1.82) is 0 Å². The van der Waals surface area contributed by atoms with E-state index in [1.54, 1.807) is 0 Å². The van der Waals surface area contributed by atoms with E-state index in [-0.39, 0.29) is 6.61 Å². The first kappa shape index (κ1) is 17.9. The Balaban J connectivity index is 1.76. The van der Waals surface area contributed by atoms with Crippen LogP contribution < -0.4 is 0 Å². The number of hydrogen-bond donors (Lipinski definition) is 2. The average molecular weight is 367 g/mol. The molecule has 0 bridgehead atoms. The molecule has 0 saturated heterocycles. The van der Waals surface area contributed by atoms with Gasteiger partial charge in [0.25, 0.3) is 0 Å². The van der Waals surface area contributed by atoms with Crippen LogP contribution in [0.2, 0.25) is 0 Å². The van der Waals surface area contributed by atoms with Crippen LogP contribution in [0.1, 0.15) is 17.7 Å². The zero-order chi connectivity index (χ0) is 19.3. The van der Waals surface area contributed by atoms with Crippen molar-refractivity contribution in [3.05, 3.63) is 107 Å². The number of rotatable bonds is 3. The summed E-state index contributed by atoms with van der Waals surface area (Å²) in [5.74, 6) is 0. The maximum absolute atomic E-state index is 9.52. The Morgan fingerprint density at radius 2 is 2.11 bits per heavy atom. The summed E-state index contributed by atoms with van der Waals surface area (Å²) in [6, 6.07) is 5.94. The number of aliphatic hydroxyl groups excluding tert-OH is 1. The molecule has 2 aromatic rings. The molecule has 0 amide bonds. The maximum atomic E-state index is 9.52. The summed E-state index contributed by atoms with van der Waals surface area (Å²) in [7, 11) is 0. The van der Waals surface area contributed by atoms with E-state index in [2.05, 4.69) is 39.1 Å². The van der Waals surface area contributed by atoms with Gasteiger partial charge in [0.15, 0.2) is 0 Å². The van der Waals surface area contributed by atoms with Crippen molar-refractivity contribution in [1.82, 2.24) is 15.2 Å². The van der Waals surface area contributed by atoms with Crippen molar-refractivity contribution in [2.45, 2.75) is 13.3 Å². The topological polar surface area (TPSA) is 61.8 Å². The second-order valence-electron chi connectivity index (χ2n) is 6.66. The van der Waals surface area contributed by atoms with E-state index < -0.39 is 0 Å². The fourth-order valence-corrected chi connectivity index (χ4v) is 3.24. The minimum atomic E-state index is 0.0329. The number of pyridine rings is 1. The van der Waals surface area contributed by atoms with Gasteiger partial charge in [0, 0.05) is 23.0 Å². The quantitative estimate of drug-likeness (QED) is 0.778. The molecule has 4 rings (SSSR count). The highest BCUT2D eigenvalue weighted by Crippen LogP contribution is 2.29. The number of aryl methyl sites for hydroxylation is 1. The van der Waals surface area contributed by atoms with Gasteiger partial charge in [-0.3, -0.25) is 10.1 Å². The number of aromatic amines is 1. The maximum Gasteiger partial charge on any atom is 0.118 e. The van der Waals surface area contributed by atoms with Crippen LogP contribution in [0.5, 0.6) is 0 Å². The van der Waals surface area contributed by atoms with E-state index in [4.69, 9.17) is 0 Å². The van der Waals surface area contributed by atoms with Gasteiger partial charge in [0.2, 0.25) is 0 Å². The van der Waals surface area contributed by atoms with Crippen molar-refractivity contribution >= 4 is 5.57 Å². The molecule has 2 aromatic heterocycles. The molecular formula is C24H21N3O. The Morgan fingerprint density at radius 1 is 1.18 bits per heavy atom. The second kappa shape index (κ2) is 8.05. The third kappa shape index (κ3) is 3.79. The van der Waals surface area contributed by atoms with Crippen LogP contribution in [0.25, 0.3) is 17.0 Å². The molecule has 138 valence electrons. The Bertz CT molecular complexity index is 1120. The van der Waals surface area contributed by atoms with Crippen LogP contribution in [0.4, 0.5) is 0 Å². The predicted molar refractivity (Wildman–Crippen MR) is 112 cm³/mol. The van der Waals surface area contributed by atoms with Gasteiger partial charge in [-0.15, -0.1) is 5.73 Å². The number of aromatic nitrogens is 3. The van der Waals surface area contributed by atoms with Gasteiger partial charge >= 0.3 is 0 Å². The average Bonchev–Trinajstić information content (AvgIpc) is 3.15. The molecule has 0 saturated carbocycles. The van der Waals surface area contributed by atoms with E-state index >= 15 is 0 Å². The molecule has 2 aliphatic rings. The summed E-state index contributed by atoms with van der Waals surface area (Å²) in [5, 5.41) is 16.9. The lowest BCUT2D eigenvalue weighted by Crippen LogP contribution is -1.94. The molecule has 4 heteroatoms. The molecule has 2 N–H and O–H groups in total. The van der Waals surface area contributed by atoms with Gasteiger partial charge in [0.1, 0.15) is 5.69 Å². The second-order valence-corrected chi connectivity index (χ2v) is 6.66. The van der Waals surface area contributed by atoms with Crippen LogP contribution in [0.3, 0.4) is 0 Å². The van der Waals surface area contributed by atoms with Crippen LogP contribution in [-0.4, -0.2) is 26.9 Å². The first-order valence-corrected chi connectivity index (χ1v) is 9.26. The van der Waals surface area contributed by atoms with Crippen LogP contribution in [0, 0.1) is 6.92 Å². The number of nitrogens with zero attached hydrogens (tertiary/aromatic N) is 2. The van der Waals surface area contributed by atoms with Crippen LogP contribution in [0.15, 0.2) is 95.5 Å². The fraction of sp³-hybridized carbons (Fsp3) is 0.125. The Labute approximate surface area is 164 Å². The highest BCUT2D eigenvalue weighted by atomic mass is 16.3. The lowest BCUT2D eigenvalue weighted by atomic mass is 9.95. The molecule has 0 fully saturated rings. The summed E-state index contributed by atoms with van der Waals surface area (Å²) >= 11 is 0. The summed E-state index contributed by atoms with van der Waals surface area (Å²) < 4.78 is 0. The predicted octanol–water partition coefficient (Wildman–Crippen LogP) is 4.62. The van der Waals surface area contributed by atoms with Crippen LogP contribution in [-0.2, 0) is 0 Å². The molecule has 4 nitrogen and oxygen atoms in total. The molecule has 0 aliphatic heterocycles. The number of nitrogens with one attached hydrogen (secondary N) is 1. The standard InChI is InChI=1S/C24H21N3O/c1-17-6-4-11-23(26-17)24-22(15-25-27-24)20-9-5-10-21-14-18(16-28)7-2-3-8-19(21)12-13-20/h3-7,9-15,28H,2,16H2,1H3,(H,25,27)/b10-5+,13-12-,18-7+,20-9-,21-14-. The Morgan fingerprint density at radius 3 is 2.96 bits per heavy atom. The third-order valence-corrected chi connectivity index (χ3v) is 4.65. The lowest BCUT2D eigenvalue weighted by molar-refractivity contribution is 0.334. The molecule has 0 aromatic carbocycles. The highest BCUT2D eigenvalue weighted by molar-refractivity contribution is 5.84. The van der Waals surface area contributed by atoms with Crippen molar-refractivity contribution in [2.24, 2.45) is 0 Å². The van der Waals surface area contributed by atoms with E-state index in [1.807, 2.05) is 61.7 Å². The number of hydrogen-bond acceptors (Lipinski definition) is 3. The molecule has 0 radical (unpaired) electrons. The van der Waals surface area contributed by atoms with Crippen molar-refractivity contribution in [3.63, 3.8) is 0 Å². The zero-order valence-electron chi connectivity index (χ0n) is 15.7. The van der Waals surface area contributed by atoms with Crippen LogP contribution >= 0.6 is 0 Å². The van der Waals surface area contributed by atoms with Gasteiger partial charge in [-0.1, -0.05) is 36.4 Å². The normalized spacial score (nSPS) is 23.9. The fourth-order valence-electron chi connectivity index (χ4n) is 3.24. The first-order valence-electron chi connectivity index (χ1n) is 9.26. The largest absolute Gasteiger partial charge is 0.392 e. The SMILES string of the molecule is Cc1cccc(-c2n[nH]cc2C2=C\C=C\C3=C\C(CO)=C/CC=C=C3/C=C\2)n1. The minimum absolute atomic E-state index is 0.0329. The van der Waals surface area contributed by atoms with Crippen molar-refractivity contribution in [3.8, 4) is 11.4 Å². The van der Waals surface area contributed by atoms with E-state index in [9.17, 15) is 5.11 Å². The molecule has 2 heterocycles. The Kier molecular flexibility index (Phi) is 5.16. The molecule has 0 atom stereocenters. The number of H-pyrrole nitrogens is 1. The molecule has 28 heavy (non-hydrogen) atoms. The molecule has 0 spiro atoms. The summed E-state index contributed by atoms with van der Waals surface area (Å²) in [4.78, 5) is 4.61. The van der Waals surface area contributed by atoms with E-state index in [0.29, 0.717) is 0 Å². The van der Waals surface area contributed by atoms with Gasteiger partial charge in [-0.2, -0.15) is 5.10 Å². The zero-order valence-corrected chi connectivity index (χ0v) is 15.7. The molecule has 0 unspecified atom stereocenters. The monoisotopic (exact) mass is 367 g/mol. The third-order valence-electron chi connectivity index (χ3n) is 4.65. The number of fused-ring (bicyclic) bond motifs is 1. The highest BCUT2D eigenvalue weighted by Gasteiger charge is 2.13. The van der Waals surface area contributed by atoms with Gasteiger partial charge < -0.3 is 5.11 Å². The smallest absolute Gasteiger partial charge is 0.118 e. The van der Waals surface area contributed by atoms with Crippen molar-refractivity contribution in [2.75, 3.05) is 6.61 Å². The molecule has 2 aliphatic carbocycles. The summed E-state index contributed by atoms with van der Waals surface area (Å²) in [6.07, 6.45) is 18.9.